The van der Waals surface area contributed by atoms with Gasteiger partial charge in [-0.25, -0.2) is 0 Å². The van der Waals surface area contributed by atoms with Crippen molar-refractivity contribution in [3.63, 3.8) is 0 Å². The number of carbonyl (C=O) groups is 2. The van der Waals surface area contributed by atoms with Crippen LogP contribution in [0.3, 0.4) is 0 Å². The van der Waals surface area contributed by atoms with E-state index in [2.05, 4.69) is 15.0 Å². The van der Waals surface area contributed by atoms with Crippen LogP contribution < -0.4 is 10.1 Å². The standard InChI is InChI=1S/C19H16F3N3O3/c1-25(18(27)15-10-23-16-5-3-2-4-14(15)16)11-17(26)24-12-6-8-13(9-7-12)28-19(20,21)22/h2-10,23H,11H2,1H3,(H,24,26). The molecule has 3 aromatic rings. The number of H-pyrrole nitrogens is 1. The van der Waals surface area contributed by atoms with Gasteiger partial charge in [-0.1, -0.05) is 18.2 Å². The largest absolute Gasteiger partial charge is 0.573 e. The van der Waals surface area contributed by atoms with E-state index in [0.717, 1.165) is 23.0 Å². The Labute approximate surface area is 157 Å². The molecule has 146 valence electrons. The van der Waals surface area contributed by atoms with Crippen LogP contribution in [0.2, 0.25) is 0 Å². The molecular formula is C19H16F3N3O3. The molecule has 0 bridgehead atoms. The highest BCUT2D eigenvalue weighted by Gasteiger charge is 2.31. The number of alkyl halides is 3. The zero-order valence-electron chi connectivity index (χ0n) is 14.7. The van der Waals surface area contributed by atoms with Gasteiger partial charge in [0.1, 0.15) is 5.75 Å². The average Bonchev–Trinajstić information content (AvgIpc) is 3.05. The predicted octanol–water partition coefficient (Wildman–Crippen LogP) is 3.78. The molecule has 0 saturated carbocycles. The van der Waals surface area contributed by atoms with E-state index in [-0.39, 0.29) is 18.1 Å². The number of nitrogens with zero attached hydrogens (tertiary/aromatic N) is 1. The minimum Gasteiger partial charge on any atom is -0.406 e. The van der Waals surface area contributed by atoms with Crippen LogP contribution in [0.5, 0.6) is 5.75 Å². The number of amides is 2. The summed E-state index contributed by atoms with van der Waals surface area (Å²) in [5.74, 6) is -1.21. The molecule has 0 unspecified atom stereocenters. The minimum absolute atomic E-state index is 0.223. The summed E-state index contributed by atoms with van der Waals surface area (Å²) in [4.78, 5) is 29.0. The monoisotopic (exact) mass is 391 g/mol. The molecule has 9 heteroatoms. The summed E-state index contributed by atoms with van der Waals surface area (Å²) in [7, 11) is 1.49. The molecule has 1 heterocycles. The Balaban J connectivity index is 1.60. The van der Waals surface area contributed by atoms with Crippen LogP contribution >= 0.6 is 0 Å². The first-order valence-electron chi connectivity index (χ1n) is 8.20. The van der Waals surface area contributed by atoms with Crippen LogP contribution in [0.25, 0.3) is 10.9 Å². The van der Waals surface area contributed by atoms with Crippen LogP contribution in [0.15, 0.2) is 54.7 Å². The van der Waals surface area contributed by atoms with Crippen molar-refractivity contribution in [1.82, 2.24) is 9.88 Å². The first kappa shape index (κ1) is 19.3. The van der Waals surface area contributed by atoms with Crippen molar-refractivity contribution >= 4 is 28.4 Å². The van der Waals surface area contributed by atoms with Crippen molar-refractivity contribution in [3.8, 4) is 5.75 Å². The number of anilines is 1. The van der Waals surface area contributed by atoms with Gasteiger partial charge < -0.3 is 19.9 Å². The van der Waals surface area contributed by atoms with Crippen molar-refractivity contribution in [1.29, 1.82) is 0 Å². The van der Waals surface area contributed by atoms with E-state index in [0.29, 0.717) is 5.56 Å². The number of hydrogen-bond donors (Lipinski definition) is 2. The van der Waals surface area contributed by atoms with E-state index in [9.17, 15) is 22.8 Å². The summed E-state index contributed by atoms with van der Waals surface area (Å²) in [6, 6.07) is 12.0. The third kappa shape index (κ3) is 4.61. The first-order valence-corrected chi connectivity index (χ1v) is 8.20. The molecule has 3 rings (SSSR count). The number of carbonyl (C=O) groups excluding carboxylic acids is 2. The molecule has 0 aliphatic rings. The van der Waals surface area contributed by atoms with Gasteiger partial charge in [-0.05, 0) is 30.3 Å². The van der Waals surface area contributed by atoms with E-state index in [1.807, 2.05) is 18.2 Å². The quantitative estimate of drug-likeness (QED) is 0.695. The normalized spacial score (nSPS) is 11.3. The lowest BCUT2D eigenvalue weighted by molar-refractivity contribution is -0.274. The van der Waals surface area contributed by atoms with Gasteiger partial charge in [-0.3, -0.25) is 9.59 Å². The zero-order valence-corrected chi connectivity index (χ0v) is 14.7. The lowest BCUT2D eigenvalue weighted by atomic mass is 10.1. The van der Waals surface area contributed by atoms with Crippen molar-refractivity contribution < 1.29 is 27.5 Å². The molecule has 0 fully saturated rings. The Morgan fingerprint density at radius 1 is 1.11 bits per heavy atom. The van der Waals surface area contributed by atoms with E-state index in [4.69, 9.17) is 0 Å². The lowest BCUT2D eigenvalue weighted by Gasteiger charge is -2.16. The van der Waals surface area contributed by atoms with Crippen LogP contribution in [0.1, 0.15) is 10.4 Å². The maximum absolute atomic E-state index is 12.6. The maximum Gasteiger partial charge on any atom is 0.573 e. The maximum atomic E-state index is 12.6. The van der Waals surface area contributed by atoms with Gasteiger partial charge in [0.2, 0.25) is 5.91 Å². The number of benzene rings is 2. The van der Waals surface area contributed by atoms with E-state index in [1.54, 1.807) is 12.3 Å². The van der Waals surface area contributed by atoms with E-state index < -0.39 is 18.0 Å². The third-order valence-corrected chi connectivity index (χ3v) is 3.92. The number of nitrogens with one attached hydrogen (secondary N) is 2. The molecule has 2 aromatic carbocycles. The number of hydrogen-bond acceptors (Lipinski definition) is 3. The summed E-state index contributed by atoms with van der Waals surface area (Å²) in [5.41, 5.74) is 1.54. The fourth-order valence-corrected chi connectivity index (χ4v) is 2.68. The number of aromatic amines is 1. The molecule has 6 nitrogen and oxygen atoms in total. The molecule has 2 amide bonds. The molecule has 1 aromatic heterocycles. The van der Waals surface area contributed by atoms with E-state index >= 15 is 0 Å². The smallest absolute Gasteiger partial charge is 0.406 e. The molecule has 0 saturated heterocycles. The Kier molecular flexibility index (Phi) is 5.25. The molecule has 0 spiro atoms. The van der Waals surface area contributed by atoms with Crippen molar-refractivity contribution in [3.05, 3.63) is 60.3 Å². The predicted molar refractivity (Wildman–Crippen MR) is 97.0 cm³/mol. The van der Waals surface area contributed by atoms with E-state index in [1.165, 1.54) is 24.1 Å². The minimum atomic E-state index is -4.78. The first-order chi connectivity index (χ1) is 13.2. The second-order valence-electron chi connectivity index (χ2n) is 6.03. The Bertz CT molecular complexity index is 997. The highest BCUT2D eigenvalue weighted by molar-refractivity contribution is 6.08. The van der Waals surface area contributed by atoms with Crippen molar-refractivity contribution in [2.24, 2.45) is 0 Å². The fraction of sp³-hybridized carbons (Fsp3) is 0.158. The van der Waals surface area contributed by atoms with Crippen molar-refractivity contribution in [2.45, 2.75) is 6.36 Å². The van der Waals surface area contributed by atoms with Gasteiger partial charge in [0, 0.05) is 29.8 Å². The second-order valence-corrected chi connectivity index (χ2v) is 6.03. The second kappa shape index (κ2) is 7.63. The fourth-order valence-electron chi connectivity index (χ4n) is 2.68. The number of fused-ring (bicyclic) bond motifs is 1. The number of para-hydroxylation sites is 1. The summed E-state index contributed by atoms with van der Waals surface area (Å²) < 4.78 is 40.2. The molecule has 0 radical (unpaired) electrons. The molecule has 0 aliphatic carbocycles. The number of rotatable bonds is 5. The van der Waals surface area contributed by atoms with Crippen LogP contribution in [-0.4, -0.2) is 41.7 Å². The van der Waals surface area contributed by atoms with Crippen molar-refractivity contribution in [2.75, 3.05) is 18.9 Å². The lowest BCUT2D eigenvalue weighted by Crippen LogP contribution is -2.34. The highest BCUT2D eigenvalue weighted by atomic mass is 19.4. The molecule has 2 N–H and O–H groups in total. The molecule has 0 atom stereocenters. The number of likely N-dealkylation sites (N-methyl/N-ethyl adjacent to an activating group) is 1. The summed E-state index contributed by atoms with van der Waals surface area (Å²) in [6.45, 7) is -0.223. The van der Waals surface area contributed by atoms with Gasteiger partial charge >= 0.3 is 6.36 Å². The zero-order chi connectivity index (χ0) is 20.3. The van der Waals surface area contributed by atoms with Gasteiger partial charge in [-0.2, -0.15) is 0 Å². The SMILES string of the molecule is CN(CC(=O)Nc1ccc(OC(F)(F)F)cc1)C(=O)c1c[nH]c2ccccc12. The molecular weight excluding hydrogens is 375 g/mol. The van der Waals surface area contributed by atoms with Gasteiger partial charge in [0.15, 0.2) is 0 Å². The number of aromatic nitrogens is 1. The van der Waals surface area contributed by atoms with Crippen LogP contribution in [-0.2, 0) is 4.79 Å². The topological polar surface area (TPSA) is 74.4 Å². The summed E-state index contributed by atoms with van der Waals surface area (Å²) >= 11 is 0. The Morgan fingerprint density at radius 2 is 1.79 bits per heavy atom. The third-order valence-electron chi connectivity index (χ3n) is 3.92. The summed E-state index contributed by atoms with van der Waals surface area (Å²) in [6.07, 6.45) is -3.20. The number of ether oxygens (including phenoxy) is 1. The van der Waals surface area contributed by atoms with Crippen LogP contribution in [0, 0.1) is 0 Å². The van der Waals surface area contributed by atoms with Crippen LogP contribution in [0.4, 0.5) is 18.9 Å². The average molecular weight is 391 g/mol. The Hall–Kier alpha value is -3.49. The van der Waals surface area contributed by atoms with Gasteiger partial charge in [0.25, 0.3) is 5.91 Å². The van der Waals surface area contributed by atoms with Gasteiger partial charge in [-0.15, -0.1) is 13.2 Å². The highest BCUT2D eigenvalue weighted by Crippen LogP contribution is 2.24. The molecule has 28 heavy (non-hydrogen) atoms. The number of halogens is 3. The van der Waals surface area contributed by atoms with Gasteiger partial charge in [0.05, 0.1) is 12.1 Å². The Morgan fingerprint density at radius 3 is 2.46 bits per heavy atom. The summed E-state index contributed by atoms with van der Waals surface area (Å²) in [5, 5.41) is 3.27. The molecule has 0 aliphatic heterocycles.